The number of aldehydes is 1. The standard InChI is InChI=1S/C8H13NO3/c10-6-2-1-5-9-7(11)3-4-8(9)12/h6-7,11H,1-5H2. The molecule has 0 spiro atoms. The fourth-order valence-electron chi connectivity index (χ4n) is 1.34. The second-order valence-electron chi connectivity index (χ2n) is 2.92. The number of rotatable bonds is 4. The Morgan fingerprint density at radius 1 is 1.67 bits per heavy atom. The number of hydrogen-bond acceptors (Lipinski definition) is 3. The number of carbonyl (C=O) groups excluding carboxylic acids is 2. The van der Waals surface area contributed by atoms with Gasteiger partial charge in [0.15, 0.2) is 0 Å². The van der Waals surface area contributed by atoms with Crippen molar-refractivity contribution >= 4 is 12.2 Å². The molecule has 4 heteroatoms. The number of hydrogen-bond donors (Lipinski definition) is 1. The molecule has 0 saturated carbocycles. The molecule has 68 valence electrons. The normalized spacial score (nSPS) is 23.2. The van der Waals surface area contributed by atoms with Crippen molar-refractivity contribution in [2.24, 2.45) is 0 Å². The summed E-state index contributed by atoms with van der Waals surface area (Å²) in [7, 11) is 0. The Hall–Kier alpha value is -0.900. The summed E-state index contributed by atoms with van der Waals surface area (Å²) in [5.74, 6) is -0.00611. The van der Waals surface area contributed by atoms with Crippen LogP contribution in [0.1, 0.15) is 25.7 Å². The topological polar surface area (TPSA) is 57.6 Å². The molecule has 1 unspecified atom stereocenters. The van der Waals surface area contributed by atoms with Gasteiger partial charge in [-0.2, -0.15) is 0 Å². The summed E-state index contributed by atoms with van der Waals surface area (Å²) in [6.07, 6.45) is 2.27. The molecular weight excluding hydrogens is 158 g/mol. The molecule has 1 atom stereocenters. The van der Waals surface area contributed by atoms with Crippen LogP contribution in [0.3, 0.4) is 0 Å². The minimum absolute atomic E-state index is 0.00611. The molecule has 1 saturated heterocycles. The van der Waals surface area contributed by atoms with Crippen molar-refractivity contribution in [3.63, 3.8) is 0 Å². The van der Waals surface area contributed by atoms with Crippen LogP contribution in [0.4, 0.5) is 0 Å². The molecule has 1 fully saturated rings. The largest absolute Gasteiger partial charge is 0.374 e. The van der Waals surface area contributed by atoms with Crippen molar-refractivity contribution in [2.45, 2.75) is 31.9 Å². The highest BCUT2D eigenvalue weighted by molar-refractivity contribution is 5.78. The zero-order valence-corrected chi connectivity index (χ0v) is 6.90. The average molecular weight is 171 g/mol. The molecule has 0 aromatic carbocycles. The number of likely N-dealkylation sites (tertiary alicyclic amines) is 1. The van der Waals surface area contributed by atoms with Crippen LogP contribution in [0.15, 0.2) is 0 Å². The van der Waals surface area contributed by atoms with E-state index in [1.807, 2.05) is 0 Å². The van der Waals surface area contributed by atoms with Gasteiger partial charge in [-0.15, -0.1) is 0 Å². The highest BCUT2D eigenvalue weighted by Crippen LogP contribution is 2.16. The Labute approximate surface area is 71.2 Å². The lowest BCUT2D eigenvalue weighted by Crippen LogP contribution is -2.33. The van der Waals surface area contributed by atoms with Gasteiger partial charge in [0.25, 0.3) is 0 Å². The maximum atomic E-state index is 11.1. The number of aliphatic hydroxyl groups excluding tert-OH is 1. The van der Waals surface area contributed by atoms with Crippen molar-refractivity contribution in [3.05, 3.63) is 0 Å². The van der Waals surface area contributed by atoms with Crippen LogP contribution in [-0.2, 0) is 9.59 Å². The van der Waals surface area contributed by atoms with E-state index in [2.05, 4.69) is 0 Å². The summed E-state index contributed by atoms with van der Waals surface area (Å²) in [4.78, 5) is 22.5. The third-order valence-corrected chi connectivity index (χ3v) is 2.02. The number of aliphatic hydroxyl groups is 1. The number of nitrogens with zero attached hydrogens (tertiary/aromatic N) is 1. The fourth-order valence-corrected chi connectivity index (χ4v) is 1.34. The van der Waals surface area contributed by atoms with Gasteiger partial charge in [0.1, 0.15) is 12.5 Å². The van der Waals surface area contributed by atoms with Crippen LogP contribution in [0, 0.1) is 0 Å². The predicted octanol–water partition coefficient (Wildman–Crippen LogP) is -0.0937. The molecule has 1 N–H and O–H groups in total. The van der Waals surface area contributed by atoms with Gasteiger partial charge in [0, 0.05) is 25.8 Å². The summed E-state index contributed by atoms with van der Waals surface area (Å²) in [6, 6.07) is 0. The first kappa shape index (κ1) is 9.19. The van der Waals surface area contributed by atoms with Gasteiger partial charge in [-0.3, -0.25) is 4.79 Å². The molecule has 0 bridgehead atoms. The third-order valence-electron chi connectivity index (χ3n) is 2.02. The molecule has 0 aliphatic carbocycles. The van der Waals surface area contributed by atoms with Crippen LogP contribution in [0.2, 0.25) is 0 Å². The van der Waals surface area contributed by atoms with Crippen molar-refractivity contribution in [2.75, 3.05) is 6.54 Å². The average Bonchev–Trinajstić information content (AvgIpc) is 2.35. The van der Waals surface area contributed by atoms with Gasteiger partial charge < -0.3 is 14.8 Å². The van der Waals surface area contributed by atoms with Gasteiger partial charge in [-0.05, 0) is 6.42 Å². The van der Waals surface area contributed by atoms with Crippen molar-refractivity contribution in [3.8, 4) is 0 Å². The van der Waals surface area contributed by atoms with Crippen LogP contribution >= 0.6 is 0 Å². The van der Waals surface area contributed by atoms with Gasteiger partial charge in [0.05, 0.1) is 0 Å². The van der Waals surface area contributed by atoms with Gasteiger partial charge in [-0.25, -0.2) is 0 Å². The first-order chi connectivity index (χ1) is 5.75. The molecule has 1 aliphatic rings. The van der Waals surface area contributed by atoms with E-state index in [0.717, 1.165) is 6.29 Å². The van der Waals surface area contributed by atoms with Crippen LogP contribution in [0.25, 0.3) is 0 Å². The monoisotopic (exact) mass is 171 g/mol. The van der Waals surface area contributed by atoms with E-state index in [0.29, 0.717) is 32.2 Å². The molecule has 1 heterocycles. The molecule has 4 nitrogen and oxygen atoms in total. The van der Waals surface area contributed by atoms with Crippen molar-refractivity contribution in [1.29, 1.82) is 0 Å². The summed E-state index contributed by atoms with van der Waals surface area (Å²) in [5.41, 5.74) is 0. The molecule has 0 aromatic heterocycles. The summed E-state index contributed by atoms with van der Waals surface area (Å²) < 4.78 is 0. The first-order valence-electron chi connectivity index (χ1n) is 4.17. The minimum Gasteiger partial charge on any atom is -0.374 e. The number of unbranched alkanes of at least 4 members (excludes halogenated alkanes) is 1. The second-order valence-corrected chi connectivity index (χ2v) is 2.92. The van der Waals surface area contributed by atoms with Crippen LogP contribution < -0.4 is 0 Å². The summed E-state index contributed by atoms with van der Waals surface area (Å²) in [6.45, 7) is 0.499. The molecular formula is C8H13NO3. The zero-order valence-electron chi connectivity index (χ0n) is 6.90. The molecule has 1 aliphatic heterocycles. The quantitative estimate of drug-likeness (QED) is 0.475. The van der Waals surface area contributed by atoms with E-state index < -0.39 is 6.23 Å². The maximum absolute atomic E-state index is 11.1. The van der Waals surface area contributed by atoms with E-state index in [1.165, 1.54) is 4.90 Å². The van der Waals surface area contributed by atoms with Crippen molar-refractivity contribution in [1.82, 2.24) is 4.90 Å². The van der Waals surface area contributed by atoms with Gasteiger partial charge in [-0.1, -0.05) is 0 Å². The summed E-state index contributed by atoms with van der Waals surface area (Å²) >= 11 is 0. The van der Waals surface area contributed by atoms with E-state index in [4.69, 9.17) is 0 Å². The Morgan fingerprint density at radius 3 is 2.92 bits per heavy atom. The maximum Gasteiger partial charge on any atom is 0.224 e. The van der Waals surface area contributed by atoms with Crippen LogP contribution in [0.5, 0.6) is 0 Å². The predicted molar refractivity (Wildman–Crippen MR) is 42.3 cm³/mol. The Bertz CT molecular complexity index is 181. The molecule has 1 rings (SSSR count). The highest BCUT2D eigenvalue weighted by atomic mass is 16.3. The Morgan fingerprint density at radius 2 is 2.42 bits per heavy atom. The lowest BCUT2D eigenvalue weighted by molar-refractivity contribution is -0.133. The van der Waals surface area contributed by atoms with Gasteiger partial charge >= 0.3 is 0 Å². The zero-order chi connectivity index (χ0) is 8.97. The molecule has 0 aromatic rings. The second kappa shape index (κ2) is 4.21. The molecule has 12 heavy (non-hydrogen) atoms. The van der Waals surface area contributed by atoms with Crippen molar-refractivity contribution < 1.29 is 14.7 Å². The van der Waals surface area contributed by atoms with E-state index in [1.54, 1.807) is 0 Å². The fraction of sp³-hybridized carbons (Fsp3) is 0.750. The third kappa shape index (κ3) is 2.04. The first-order valence-corrected chi connectivity index (χ1v) is 4.17. The lowest BCUT2D eigenvalue weighted by Gasteiger charge is -2.19. The van der Waals surface area contributed by atoms with Crippen LogP contribution in [-0.4, -0.2) is 35.0 Å². The molecule has 0 radical (unpaired) electrons. The Kier molecular flexibility index (Phi) is 3.22. The smallest absolute Gasteiger partial charge is 0.224 e. The van der Waals surface area contributed by atoms with Gasteiger partial charge in [0.2, 0.25) is 5.91 Å². The summed E-state index contributed by atoms with van der Waals surface area (Å²) in [5, 5.41) is 9.28. The number of amides is 1. The SMILES string of the molecule is O=CCCCN1C(=O)CCC1O. The van der Waals surface area contributed by atoms with E-state index in [9.17, 15) is 14.7 Å². The lowest BCUT2D eigenvalue weighted by atomic mass is 10.3. The number of carbonyl (C=O) groups is 2. The van der Waals surface area contributed by atoms with E-state index >= 15 is 0 Å². The minimum atomic E-state index is -0.621. The molecule has 1 amide bonds. The highest BCUT2D eigenvalue weighted by Gasteiger charge is 2.27. The Balaban J connectivity index is 2.29. The van der Waals surface area contributed by atoms with E-state index in [-0.39, 0.29) is 5.91 Å².